The summed E-state index contributed by atoms with van der Waals surface area (Å²) in [6.07, 6.45) is 8.60. The number of benzene rings is 1. The summed E-state index contributed by atoms with van der Waals surface area (Å²) in [5.74, 6) is 1.54. The highest BCUT2D eigenvalue weighted by Crippen LogP contribution is 2.65. The Kier molecular flexibility index (Phi) is 12.0. The van der Waals surface area contributed by atoms with E-state index < -0.39 is 0 Å². The first-order chi connectivity index (χ1) is 15.6. The average molecular weight is 581 g/mol. The standard InChI is InChI=1S/C21H24O3S8/c1-23-15(22)13-7-9-14(10-8-13)24-11-5-6-12-28-19-18(27-4)31-21(32-19)20-29-16(25-2)17(26-3)30-20/h7-10H,5-6,11-12H2,1-4H3. The van der Waals surface area contributed by atoms with E-state index in [-0.39, 0.29) is 5.97 Å². The molecule has 3 nitrogen and oxygen atoms in total. The normalized spacial score (nSPS) is 16.4. The highest BCUT2D eigenvalue weighted by atomic mass is 32.3. The highest BCUT2D eigenvalue weighted by Gasteiger charge is 2.29. The van der Waals surface area contributed by atoms with Gasteiger partial charge in [0.05, 0.1) is 44.7 Å². The molecule has 0 saturated heterocycles. The van der Waals surface area contributed by atoms with Crippen LogP contribution in [0.4, 0.5) is 0 Å². The molecule has 0 unspecified atom stereocenters. The van der Waals surface area contributed by atoms with Crippen LogP contribution >= 0.6 is 94.1 Å². The van der Waals surface area contributed by atoms with Crippen molar-refractivity contribution in [1.82, 2.24) is 0 Å². The molecule has 0 aromatic heterocycles. The van der Waals surface area contributed by atoms with Gasteiger partial charge in [-0.25, -0.2) is 4.79 Å². The van der Waals surface area contributed by atoms with E-state index in [4.69, 9.17) is 9.47 Å². The van der Waals surface area contributed by atoms with Crippen molar-refractivity contribution >= 4 is 100 Å². The van der Waals surface area contributed by atoms with Crippen molar-refractivity contribution in [2.24, 2.45) is 0 Å². The Morgan fingerprint density at radius 1 is 0.812 bits per heavy atom. The van der Waals surface area contributed by atoms with Crippen LogP contribution in [0.3, 0.4) is 0 Å². The average Bonchev–Trinajstić information content (AvgIpc) is 3.44. The van der Waals surface area contributed by atoms with Gasteiger partial charge in [-0.05, 0) is 61.6 Å². The zero-order chi connectivity index (χ0) is 22.9. The Hall–Kier alpha value is 0.510. The van der Waals surface area contributed by atoms with Gasteiger partial charge in [-0.3, -0.25) is 0 Å². The summed E-state index contributed by atoms with van der Waals surface area (Å²) >= 11 is 15.2. The molecule has 3 rings (SSSR count). The van der Waals surface area contributed by atoms with Gasteiger partial charge >= 0.3 is 5.97 Å². The predicted molar refractivity (Wildman–Crippen MR) is 157 cm³/mol. The molecule has 2 aliphatic rings. The van der Waals surface area contributed by atoms with Crippen molar-refractivity contribution in [3.05, 3.63) is 55.3 Å². The van der Waals surface area contributed by atoms with Gasteiger partial charge < -0.3 is 9.47 Å². The van der Waals surface area contributed by atoms with Gasteiger partial charge in [-0.1, -0.05) is 47.0 Å². The van der Waals surface area contributed by atoms with Gasteiger partial charge in [0.2, 0.25) is 0 Å². The monoisotopic (exact) mass is 580 g/mol. The summed E-state index contributed by atoms with van der Waals surface area (Å²) in [4.78, 5) is 11.5. The summed E-state index contributed by atoms with van der Waals surface area (Å²) < 4.78 is 19.1. The molecule has 0 fully saturated rings. The van der Waals surface area contributed by atoms with Crippen molar-refractivity contribution in [1.29, 1.82) is 0 Å². The maximum absolute atomic E-state index is 11.5. The van der Waals surface area contributed by atoms with E-state index in [0.29, 0.717) is 12.2 Å². The highest BCUT2D eigenvalue weighted by molar-refractivity contribution is 8.44. The van der Waals surface area contributed by atoms with Crippen LogP contribution in [0.2, 0.25) is 0 Å². The molecule has 1 aromatic carbocycles. The SMILES string of the molecule is COC(=O)c1ccc(OCCCCSC2=C(SC)SC(=C3SC(SC)=C(SC)S3)S2)cc1. The molecule has 2 heterocycles. The maximum atomic E-state index is 11.5. The fourth-order valence-corrected chi connectivity index (χ4v) is 13.3. The Balaban J connectivity index is 1.40. The second kappa shape index (κ2) is 14.2. The van der Waals surface area contributed by atoms with Crippen molar-refractivity contribution in [3.63, 3.8) is 0 Å². The zero-order valence-corrected chi connectivity index (χ0v) is 24.7. The third-order valence-corrected chi connectivity index (χ3v) is 15.3. The fourth-order valence-electron chi connectivity index (χ4n) is 2.54. The molecule has 32 heavy (non-hydrogen) atoms. The van der Waals surface area contributed by atoms with Crippen LogP contribution in [0, 0.1) is 0 Å². The summed E-state index contributed by atoms with van der Waals surface area (Å²) in [5.41, 5.74) is 0.537. The van der Waals surface area contributed by atoms with E-state index in [2.05, 4.69) is 18.8 Å². The van der Waals surface area contributed by atoms with Crippen LogP contribution in [-0.2, 0) is 4.74 Å². The number of esters is 1. The fraction of sp³-hybridized carbons (Fsp3) is 0.381. The molecule has 174 valence electrons. The van der Waals surface area contributed by atoms with E-state index in [0.717, 1.165) is 24.3 Å². The van der Waals surface area contributed by atoms with Crippen LogP contribution < -0.4 is 4.74 Å². The van der Waals surface area contributed by atoms with E-state index in [1.54, 1.807) is 12.1 Å². The van der Waals surface area contributed by atoms with Gasteiger partial charge in [0, 0.05) is 0 Å². The van der Waals surface area contributed by atoms with Crippen LogP contribution in [0.1, 0.15) is 23.2 Å². The second-order valence-electron chi connectivity index (χ2n) is 6.17. The lowest BCUT2D eigenvalue weighted by atomic mass is 10.2. The minimum absolute atomic E-state index is 0.329. The first kappa shape index (κ1) is 27.1. The third kappa shape index (κ3) is 7.50. The van der Waals surface area contributed by atoms with E-state index in [9.17, 15) is 4.79 Å². The Bertz CT molecular complexity index is 890. The minimum atomic E-state index is -0.329. The first-order valence-electron chi connectivity index (χ1n) is 9.59. The molecule has 0 atom stereocenters. The lowest BCUT2D eigenvalue weighted by Crippen LogP contribution is -2.02. The molecule has 0 saturated carbocycles. The molecule has 0 aliphatic carbocycles. The minimum Gasteiger partial charge on any atom is -0.494 e. The molecule has 1 aromatic rings. The topological polar surface area (TPSA) is 35.5 Å². The van der Waals surface area contributed by atoms with Gasteiger partial charge in [-0.15, -0.1) is 47.0 Å². The Labute approximate surface area is 224 Å². The van der Waals surface area contributed by atoms with E-state index >= 15 is 0 Å². The number of rotatable bonds is 11. The zero-order valence-electron chi connectivity index (χ0n) is 18.1. The van der Waals surface area contributed by atoms with Crippen LogP contribution in [0.25, 0.3) is 0 Å². The van der Waals surface area contributed by atoms with Gasteiger partial charge in [0.25, 0.3) is 0 Å². The summed E-state index contributed by atoms with van der Waals surface area (Å²) in [5, 5.41) is 0. The summed E-state index contributed by atoms with van der Waals surface area (Å²) in [6.45, 7) is 0.678. The number of hydrogen-bond acceptors (Lipinski definition) is 11. The smallest absolute Gasteiger partial charge is 0.337 e. The van der Waals surface area contributed by atoms with Crippen molar-refractivity contribution in [2.45, 2.75) is 12.8 Å². The summed E-state index contributed by atoms with van der Waals surface area (Å²) in [7, 11) is 1.38. The number of methoxy groups -OCH3 is 1. The number of ether oxygens (including phenoxy) is 2. The number of carbonyl (C=O) groups is 1. The first-order valence-corrected chi connectivity index (χ1v) is 17.5. The maximum Gasteiger partial charge on any atom is 0.337 e. The molecule has 0 bridgehead atoms. The quantitative estimate of drug-likeness (QED) is 0.186. The molecular formula is C21H24O3S8. The van der Waals surface area contributed by atoms with Crippen LogP contribution in [0.15, 0.2) is 49.7 Å². The van der Waals surface area contributed by atoms with E-state index in [1.807, 2.05) is 106 Å². The number of unbranched alkanes of at least 4 members (excludes halogenated alkanes) is 1. The Morgan fingerprint density at radius 3 is 1.88 bits per heavy atom. The number of carbonyl (C=O) groups excluding carboxylic acids is 1. The predicted octanol–water partition coefficient (Wildman–Crippen LogP) is 8.79. The van der Waals surface area contributed by atoms with Crippen molar-refractivity contribution < 1.29 is 14.3 Å². The van der Waals surface area contributed by atoms with Gasteiger partial charge in [-0.2, -0.15) is 0 Å². The third-order valence-electron chi connectivity index (χ3n) is 4.11. The van der Waals surface area contributed by atoms with Gasteiger partial charge in [0.1, 0.15) is 5.75 Å². The largest absolute Gasteiger partial charge is 0.494 e. The lowest BCUT2D eigenvalue weighted by Gasteiger charge is -2.07. The molecule has 11 heteroatoms. The molecule has 0 amide bonds. The molecule has 0 radical (unpaired) electrons. The molecule has 0 N–H and O–H groups in total. The second-order valence-corrected chi connectivity index (χ2v) is 15.4. The Morgan fingerprint density at radius 2 is 1.34 bits per heavy atom. The molecule has 0 spiro atoms. The summed E-state index contributed by atoms with van der Waals surface area (Å²) in [6, 6.07) is 7.10. The van der Waals surface area contributed by atoms with Gasteiger partial charge in [0.15, 0.2) is 0 Å². The van der Waals surface area contributed by atoms with Crippen LogP contribution in [0.5, 0.6) is 5.75 Å². The molecular weight excluding hydrogens is 557 g/mol. The number of hydrogen-bond donors (Lipinski definition) is 0. The number of thioether (sulfide) groups is 8. The van der Waals surface area contributed by atoms with Crippen molar-refractivity contribution in [2.75, 3.05) is 38.2 Å². The lowest BCUT2D eigenvalue weighted by molar-refractivity contribution is 0.0600. The van der Waals surface area contributed by atoms with Crippen LogP contribution in [-0.4, -0.2) is 44.2 Å². The molecule has 2 aliphatic heterocycles. The van der Waals surface area contributed by atoms with E-state index in [1.165, 1.54) is 32.5 Å². The van der Waals surface area contributed by atoms with Crippen molar-refractivity contribution in [3.8, 4) is 5.75 Å².